The standard InChI is InChI=1S/C13H16O4/c14-12(9-5-3-1-2-4-6-9)10-7-11(13(15)16)17-8-10/h7-9H,1-6H2,(H,15,16). The quantitative estimate of drug-likeness (QED) is 0.646. The summed E-state index contributed by atoms with van der Waals surface area (Å²) in [5.74, 6) is -1.23. The first-order valence-corrected chi connectivity index (χ1v) is 6.04. The number of aromatic carboxylic acids is 1. The number of hydrogen-bond donors (Lipinski definition) is 1. The van der Waals surface area contributed by atoms with Gasteiger partial charge in [0.1, 0.15) is 6.26 Å². The molecule has 4 nitrogen and oxygen atoms in total. The Balaban J connectivity index is 2.09. The van der Waals surface area contributed by atoms with E-state index in [2.05, 4.69) is 0 Å². The second kappa shape index (κ2) is 5.17. The first-order valence-electron chi connectivity index (χ1n) is 6.04. The number of carboxylic acid groups (broad SMARTS) is 1. The van der Waals surface area contributed by atoms with E-state index in [0.717, 1.165) is 25.7 Å². The normalized spacial score (nSPS) is 17.6. The number of carbonyl (C=O) groups is 2. The van der Waals surface area contributed by atoms with Crippen molar-refractivity contribution in [2.75, 3.05) is 0 Å². The number of carboxylic acids is 1. The molecule has 1 aliphatic rings. The average molecular weight is 236 g/mol. The van der Waals surface area contributed by atoms with E-state index in [1.54, 1.807) is 0 Å². The fourth-order valence-corrected chi connectivity index (χ4v) is 2.35. The molecule has 1 heterocycles. The fourth-order valence-electron chi connectivity index (χ4n) is 2.35. The molecule has 0 atom stereocenters. The lowest BCUT2D eigenvalue weighted by Gasteiger charge is -2.10. The van der Waals surface area contributed by atoms with Crippen LogP contribution in [0, 0.1) is 5.92 Å². The summed E-state index contributed by atoms with van der Waals surface area (Å²) in [4.78, 5) is 22.8. The summed E-state index contributed by atoms with van der Waals surface area (Å²) in [5, 5.41) is 8.73. The van der Waals surface area contributed by atoms with Crippen LogP contribution in [-0.2, 0) is 0 Å². The van der Waals surface area contributed by atoms with Crippen LogP contribution in [0.2, 0.25) is 0 Å². The smallest absolute Gasteiger partial charge is 0.371 e. The van der Waals surface area contributed by atoms with Crippen molar-refractivity contribution in [3.63, 3.8) is 0 Å². The number of Topliss-reactive ketones (excluding diaryl/α,β-unsaturated/α-hetero) is 1. The molecule has 0 saturated heterocycles. The van der Waals surface area contributed by atoms with Gasteiger partial charge in [0.25, 0.3) is 0 Å². The zero-order valence-electron chi connectivity index (χ0n) is 9.65. The molecule has 0 aliphatic heterocycles. The highest BCUT2D eigenvalue weighted by Gasteiger charge is 2.23. The van der Waals surface area contributed by atoms with Crippen LogP contribution in [0.25, 0.3) is 0 Å². The molecule has 2 rings (SSSR count). The van der Waals surface area contributed by atoms with E-state index in [-0.39, 0.29) is 17.5 Å². The van der Waals surface area contributed by atoms with E-state index in [0.29, 0.717) is 5.56 Å². The minimum absolute atomic E-state index is 0.0307. The monoisotopic (exact) mass is 236 g/mol. The molecule has 0 amide bonds. The van der Waals surface area contributed by atoms with Crippen molar-refractivity contribution in [3.05, 3.63) is 23.7 Å². The molecule has 1 fully saturated rings. The number of rotatable bonds is 3. The van der Waals surface area contributed by atoms with Gasteiger partial charge in [-0.1, -0.05) is 25.7 Å². The van der Waals surface area contributed by atoms with Gasteiger partial charge in [0.05, 0.1) is 5.56 Å². The first kappa shape index (κ1) is 11.9. The maximum atomic E-state index is 12.1. The maximum Gasteiger partial charge on any atom is 0.371 e. The Labute approximate surface area is 99.6 Å². The molecule has 1 saturated carbocycles. The molecule has 0 radical (unpaired) electrons. The Hall–Kier alpha value is -1.58. The van der Waals surface area contributed by atoms with E-state index in [1.165, 1.54) is 25.2 Å². The molecular formula is C13H16O4. The van der Waals surface area contributed by atoms with Crippen LogP contribution >= 0.6 is 0 Å². The summed E-state index contributed by atoms with van der Waals surface area (Å²) in [5.41, 5.74) is 0.397. The van der Waals surface area contributed by atoms with Crippen molar-refractivity contribution in [1.29, 1.82) is 0 Å². The van der Waals surface area contributed by atoms with Crippen LogP contribution in [-0.4, -0.2) is 16.9 Å². The Morgan fingerprint density at radius 2 is 1.82 bits per heavy atom. The zero-order valence-corrected chi connectivity index (χ0v) is 9.65. The van der Waals surface area contributed by atoms with Crippen LogP contribution in [0.5, 0.6) is 0 Å². The minimum atomic E-state index is -1.13. The predicted molar refractivity (Wildman–Crippen MR) is 61.2 cm³/mol. The average Bonchev–Trinajstić information content (AvgIpc) is 2.65. The third-order valence-corrected chi connectivity index (χ3v) is 3.32. The van der Waals surface area contributed by atoms with Crippen LogP contribution in [0.1, 0.15) is 59.4 Å². The lowest BCUT2D eigenvalue weighted by atomic mass is 9.92. The van der Waals surface area contributed by atoms with Gasteiger partial charge in [-0.2, -0.15) is 0 Å². The van der Waals surface area contributed by atoms with E-state index in [4.69, 9.17) is 9.52 Å². The third-order valence-electron chi connectivity index (χ3n) is 3.32. The lowest BCUT2D eigenvalue weighted by Crippen LogP contribution is -2.13. The van der Waals surface area contributed by atoms with Gasteiger partial charge in [-0.25, -0.2) is 4.79 Å². The van der Waals surface area contributed by atoms with Gasteiger partial charge < -0.3 is 9.52 Å². The van der Waals surface area contributed by atoms with Crippen molar-refractivity contribution in [2.45, 2.75) is 38.5 Å². The van der Waals surface area contributed by atoms with Crippen molar-refractivity contribution < 1.29 is 19.1 Å². The molecular weight excluding hydrogens is 220 g/mol. The topological polar surface area (TPSA) is 67.5 Å². The van der Waals surface area contributed by atoms with Gasteiger partial charge in [-0.3, -0.25) is 4.79 Å². The van der Waals surface area contributed by atoms with Crippen molar-refractivity contribution in [3.8, 4) is 0 Å². The number of carbonyl (C=O) groups excluding carboxylic acids is 1. The second-order valence-electron chi connectivity index (χ2n) is 4.56. The SMILES string of the molecule is O=C(O)c1cc(C(=O)C2CCCCCC2)co1. The molecule has 4 heteroatoms. The molecule has 0 unspecified atom stereocenters. The molecule has 1 N–H and O–H groups in total. The molecule has 92 valence electrons. The van der Waals surface area contributed by atoms with Crippen LogP contribution in [0.15, 0.2) is 16.7 Å². The summed E-state index contributed by atoms with van der Waals surface area (Å²) in [6.07, 6.45) is 7.63. The Bertz CT molecular complexity index is 411. The van der Waals surface area contributed by atoms with E-state index < -0.39 is 5.97 Å². The highest BCUT2D eigenvalue weighted by atomic mass is 16.4. The summed E-state index contributed by atoms with van der Waals surface area (Å²) in [6.45, 7) is 0. The fraction of sp³-hybridized carbons (Fsp3) is 0.538. The second-order valence-corrected chi connectivity index (χ2v) is 4.56. The largest absolute Gasteiger partial charge is 0.475 e. The van der Waals surface area contributed by atoms with E-state index >= 15 is 0 Å². The number of furan rings is 1. The van der Waals surface area contributed by atoms with E-state index in [9.17, 15) is 9.59 Å². The van der Waals surface area contributed by atoms with Crippen LogP contribution in [0.4, 0.5) is 0 Å². The summed E-state index contributed by atoms with van der Waals surface area (Å²) >= 11 is 0. The Kier molecular flexibility index (Phi) is 3.61. The molecule has 0 aromatic carbocycles. The van der Waals surface area contributed by atoms with Gasteiger partial charge in [0.2, 0.25) is 5.76 Å². The van der Waals surface area contributed by atoms with Crippen LogP contribution in [0.3, 0.4) is 0 Å². The zero-order chi connectivity index (χ0) is 12.3. The summed E-state index contributed by atoms with van der Waals surface area (Å²) in [6, 6.07) is 1.33. The minimum Gasteiger partial charge on any atom is -0.475 e. The highest BCUT2D eigenvalue weighted by Crippen LogP contribution is 2.26. The third kappa shape index (κ3) is 2.75. The maximum absolute atomic E-state index is 12.1. The highest BCUT2D eigenvalue weighted by molar-refractivity contribution is 5.99. The Morgan fingerprint density at radius 3 is 2.35 bits per heavy atom. The van der Waals surface area contributed by atoms with Crippen molar-refractivity contribution in [2.24, 2.45) is 5.92 Å². The van der Waals surface area contributed by atoms with Gasteiger partial charge >= 0.3 is 5.97 Å². The Morgan fingerprint density at radius 1 is 1.18 bits per heavy atom. The number of ketones is 1. The summed E-state index contributed by atoms with van der Waals surface area (Å²) < 4.78 is 4.85. The molecule has 17 heavy (non-hydrogen) atoms. The molecule has 0 spiro atoms. The molecule has 1 aromatic rings. The lowest BCUT2D eigenvalue weighted by molar-refractivity contribution is 0.0662. The first-order chi connectivity index (χ1) is 8.18. The van der Waals surface area contributed by atoms with Crippen molar-refractivity contribution in [1.82, 2.24) is 0 Å². The molecule has 1 aliphatic carbocycles. The summed E-state index contributed by atoms with van der Waals surface area (Å²) in [7, 11) is 0. The van der Waals surface area contributed by atoms with Crippen LogP contribution < -0.4 is 0 Å². The predicted octanol–water partition coefficient (Wildman–Crippen LogP) is 3.13. The van der Waals surface area contributed by atoms with Gasteiger partial charge in [0.15, 0.2) is 5.78 Å². The number of hydrogen-bond acceptors (Lipinski definition) is 3. The van der Waals surface area contributed by atoms with E-state index in [1.807, 2.05) is 0 Å². The van der Waals surface area contributed by atoms with Gasteiger partial charge in [-0.15, -0.1) is 0 Å². The molecule has 1 aromatic heterocycles. The van der Waals surface area contributed by atoms with Gasteiger partial charge in [0, 0.05) is 12.0 Å². The molecule has 0 bridgehead atoms. The van der Waals surface area contributed by atoms with Crippen molar-refractivity contribution >= 4 is 11.8 Å². The van der Waals surface area contributed by atoms with Gasteiger partial charge in [-0.05, 0) is 12.8 Å².